The van der Waals surface area contributed by atoms with Crippen molar-refractivity contribution in [1.82, 2.24) is 10.6 Å². The summed E-state index contributed by atoms with van der Waals surface area (Å²) in [5.41, 5.74) is 5.24. The molecule has 10 nitrogen and oxygen atoms in total. The molecule has 0 saturated carbocycles. The van der Waals surface area contributed by atoms with Gasteiger partial charge in [-0.2, -0.15) is 0 Å². The number of hydrogen-bond donors (Lipinski definition) is 7. The highest BCUT2D eigenvalue weighted by molar-refractivity contribution is 5.81. The molecule has 10 heteroatoms. The smallest absolute Gasteiger partial charge is 0.337 e. The second-order valence-electron chi connectivity index (χ2n) is 4.22. The predicted octanol–water partition coefficient (Wildman–Crippen LogP) is -4.73. The van der Waals surface area contributed by atoms with Gasteiger partial charge in [0.2, 0.25) is 0 Å². The lowest BCUT2D eigenvalue weighted by molar-refractivity contribution is -0.169. The molecule has 0 bridgehead atoms. The Hall–Kier alpha value is -1.30. The zero-order chi connectivity index (χ0) is 16.4. The average molecular weight is 309 g/mol. The van der Waals surface area contributed by atoms with E-state index in [1.54, 1.807) is 0 Å². The molecule has 0 spiro atoms. The van der Waals surface area contributed by atoms with Crippen molar-refractivity contribution >= 4 is 11.9 Å². The van der Waals surface area contributed by atoms with Crippen molar-refractivity contribution in [3.8, 4) is 0 Å². The van der Waals surface area contributed by atoms with Gasteiger partial charge in [-0.15, -0.1) is 0 Å². The van der Waals surface area contributed by atoms with Crippen molar-refractivity contribution in [3.63, 3.8) is 0 Å². The molecule has 0 aliphatic carbocycles. The van der Waals surface area contributed by atoms with E-state index < -0.39 is 36.3 Å². The molecule has 0 aliphatic heterocycles. The molecule has 8 N–H and O–H groups in total. The number of carbonyl (C=O) groups excluding carboxylic acids is 2. The molecule has 4 atom stereocenters. The summed E-state index contributed by atoms with van der Waals surface area (Å²) in [5, 5.41) is 43.1. The number of methoxy groups -OCH3 is 1. The fourth-order valence-electron chi connectivity index (χ4n) is 1.39. The first kappa shape index (κ1) is 19.7. The van der Waals surface area contributed by atoms with Crippen LogP contribution < -0.4 is 16.4 Å². The summed E-state index contributed by atoms with van der Waals surface area (Å²) in [5.74, 6) is -2.15. The number of hydrogen-bond acceptors (Lipinski definition) is 9. The zero-order valence-electron chi connectivity index (χ0n) is 11.7. The van der Waals surface area contributed by atoms with Gasteiger partial charge in [0.1, 0.15) is 12.2 Å². The molecule has 0 aliphatic rings. The maximum absolute atomic E-state index is 11.5. The molecule has 0 fully saturated rings. The number of nitrogens with two attached hydrogens (primary N) is 1. The van der Waals surface area contributed by atoms with E-state index in [0.717, 1.165) is 7.11 Å². The molecule has 0 unspecified atom stereocenters. The Morgan fingerprint density at radius 2 is 1.62 bits per heavy atom. The summed E-state index contributed by atoms with van der Waals surface area (Å²) >= 11 is 0. The van der Waals surface area contributed by atoms with E-state index in [4.69, 9.17) is 5.73 Å². The van der Waals surface area contributed by atoms with E-state index >= 15 is 0 Å². The van der Waals surface area contributed by atoms with Gasteiger partial charge in [0.15, 0.2) is 12.2 Å². The third kappa shape index (κ3) is 6.80. The number of ether oxygens (including phenoxy) is 1. The van der Waals surface area contributed by atoms with Crippen molar-refractivity contribution in [3.05, 3.63) is 0 Å². The van der Waals surface area contributed by atoms with Gasteiger partial charge >= 0.3 is 5.97 Å². The van der Waals surface area contributed by atoms with Crippen LogP contribution in [0.2, 0.25) is 0 Å². The Morgan fingerprint density at radius 3 is 2.14 bits per heavy atom. The Kier molecular flexibility index (Phi) is 9.78. The number of aliphatic hydroxyl groups is 4. The van der Waals surface area contributed by atoms with E-state index in [-0.39, 0.29) is 6.54 Å². The highest BCUT2D eigenvalue weighted by Gasteiger charge is 2.37. The molecule has 0 aromatic rings. The van der Waals surface area contributed by atoms with Crippen molar-refractivity contribution in [2.45, 2.75) is 24.4 Å². The molecule has 21 heavy (non-hydrogen) atoms. The molecule has 0 radical (unpaired) electrons. The molecule has 124 valence electrons. The quantitative estimate of drug-likeness (QED) is 0.154. The summed E-state index contributed by atoms with van der Waals surface area (Å²) in [6.07, 6.45) is -8.18. The molecule has 0 aromatic heterocycles. The highest BCUT2D eigenvalue weighted by atomic mass is 16.5. The minimum atomic E-state index is -2.07. The Labute approximate surface area is 121 Å². The van der Waals surface area contributed by atoms with Crippen LogP contribution in [0.1, 0.15) is 0 Å². The monoisotopic (exact) mass is 309 g/mol. The second-order valence-corrected chi connectivity index (χ2v) is 4.22. The van der Waals surface area contributed by atoms with Crippen LogP contribution in [-0.4, -0.2) is 90.0 Å². The average Bonchev–Trinajstić information content (AvgIpc) is 2.50. The maximum Gasteiger partial charge on any atom is 0.337 e. The highest BCUT2D eigenvalue weighted by Crippen LogP contribution is 2.06. The predicted molar refractivity (Wildman–Crippen MR) is 71.0 cm³/mol. The minimum Gasteiger partial charge on any atom is -0.467 e. The van der Waals surface area contributed by atoms with Gasteiger partial charge in [0.05, 0.1) is 7.11 Å². The molecule has 1 amide bonds. The molecular formula is C11H23N3O7. The molecule has 0 aromatic carbocycles. The number of carbonyl (C=O) groups is 2. The summed E-state index contributed by atoms with van der Waals surface area (Å²) < 4.78 is 4.17. The van der Waals surface area contributed by atoms with E-state index in [9.17, 15) is 30.0 Å². The Bertz CT molecular complexity index is 329. The van der Waals surface area contributed by atoms with Crippen molar-refractivity contribution in [2.24, 2.45) is 5.73 Å². The van der Waals surface area contributed by atoms with Crippen LogP contribution in [0.25, 0.3) is 0 Å². The third-order valence-corrected chi connectivity index (χ3v) is 2.63. The Morgan fingerprint density at radius 1 is 1.05 bits per heavy atom. The Balaban J connectivity index is 4.25. The fourth-order valence-corrected chi connectivity index (χ4v) is 1.39. The van der Waals surface area contributed by atoms with Crippen molar-refractivity contribution in [1.29, 1.82) is 0 Å². The van der Waals surface area contributed by atoms with Gasteiger partial charge < -0.3 is 41.5 Å². The van der Waals surface area contributed by atoms with Crippen LogP contribution in [-0.2, 0) is 14.3 Å². The summed E-state index contributed by atoms with van der Waals surface area (Å²) in [6.45, 7) is 1.56. The van der Waals surface area contributed by atoms with E-state index in [2.05, 4.69) is 15.4 Å². The standard InChI is InChI=1S/C11H23N3O7/c1-21-11(20)9(18)7(16)6(15)8(17)10(19)14-5-4-13-3-2-12/h6-9,13,15-18H,2-5,12H2,1H3,(H,14,19)/t6-,7+,8+,9-/m1/s1. The van der Waals surface area contributed by atoms with Crippen LogP contribution in [0, 0.1) is 0 Å². The summed E-state index contributed by atoms with van der Waals surface area (Å²) in [6, 6.07) is 0. The van der Waals surface area contributed by atoms with Crippen LogP contribution in [0.15, 0.2) is 0 Å². The first-order valence-electron chi connectivity index (χ1n) is 6.35. The lowest BCUT2D eigenvalue weighted by Crippen LogP contribution is -2.53. The molecule has 0 rings (SSSR count). The summed E-state index contributed by atoms with van der Waals surface area (Å²) in [4.78, 5) is 22.5. The number of aliphatic hydroxyl groups excluding tert-OH is 4. The maximum atomic E-state index is 11.5. The van der Waals surface area contributed by atoms with Gasteiger partial charge in [-0.1, -0.05) is 0 Å². The van der Waals surface area contributed by atoms with E-state index in [1.165, 1.54) is 0 Å². The fraction of sp³-hybridized carbons (Fsp3) is 0.818. The SMILES string of the molecule is COC(=O)[C@H](O)[C@@H](O)[C@@H](O)[C@H](O)C(=O)NCCNCCN. The largest absolute Gasteiger partial charge is 0.467 e. The number of esters is 1. The third-order valence-electron chi connectivity index (χ3n) is 2.63. The number of rotatable bonds is 10. The van der Waals surface area contributed by atoms with Crippen LogP contribution in [0.5, 0.6) is 0 Å². The van der Waals surface area contributed by atoms with Crippen LogP contribution >= 0.6 is 0 Å². The van der Waals surface area contributed by atoms with Gasteiger partial charge in [-0.3, -0.25) is 4.79 Å². The normalized spacial score (nSPS) is 16.7. The molecule has 0 saturated heterocycles. The minimum absolute atomic E-state index is 0.165. The lowest BCUT2D eigenvalue weighted by atomic mass is 10.0. The van der Waals surface area contributed by atoms with E-state index in [1.807, 2.05) is 0 Å². The van der Waals surface area contributed by atoms with E-state index in [0.29, 0.717) is 19.6 Å². The van der Waals surface area contributed by atoms with Gasteiger partial charge in [0.25, 0.3) is 5.91 Å². The van der Waals surface area contributed by atoms with Crippen molar-refractivity contribution in [2.75, 3.05) is 33.3 Å². The number of nitrogens with one attached hydrogen (secondary N) is 2. The van der Waals surface area contributed by atoms with Gasteiger partial charge in [-0.25, -0.2) is 4.79 Å². The van der Waals surface area contributed by atoms with Crippen LogP contribution in [0.4, 0.5) is 0 Å². The lowest BCUT2D eigenvalue weighted by Gasteiger charge is -2.24. The summed E-state index contributed by atoms with van der Waals surface area (Å²) in [7, 11) is 0.974. The zero-order valence-corrected chi connectivity index (χ0v) is 11.7. The van der Waals surface area contributed by atoms with Crippen molar-refractivity contribution < 1.29 is 34.8 Å². The molecular weight excluding hydrogens is 286 g/mol. The van der Waals surface area contributed by atoms with Gasteiger partial charge in [-0.05, 0) is 0 Å². The molecule has 0 heterocycles. The first-order valence-corrected chi connectivity index (χ1v) is 6.35. The second kappa shape index (κ2) is 10.4. The van der Waals surface area contributed by atoms with Crippen LogP contribution in [0.3, 0.4) is 0 Å². The topological polar surface area (TPSA) is 174 Å². The van der Waals surface area contributed by atoms with Gasteiger partial charge in [0, 0.05) is 26.2 Å². The first-order chi connectivity index (χ1) is 9.86. The number of amides is 1.